The molecular weight excluding hydrogens is 288 g/mol. The first-order valence-electron chi connectivity index (χ1n) is 6.21. The fourth-order valence-corrected chi connectivity index (χ4v) is 2.37. The van der Waals surface area contributed by atoms with E-state index >= 15 is 0 Å². The van der Waals surface area contributed by atoms with E-state index in [-0.39, 0.29) is 5.91 Å². The molecule has 0 saturated heterocycles. The number of carbonyl (C=O) groups is 2. The number of aryl methyl sites for hydroxylation is 2. The molecule has 0 aliphatic carbocycles. The van der Waals surface area contributed by atoms with Gasteiger partial charge in [0.25, 0.3) is 5.91 Å². The quantitative estimate of drug-likeness (QED) is 0.850. The molecular formula is C15H14N2O3S. The SMILES string of the molecule is Cc1ncc(C(=O)Nc2cc(/C=C/C(=O)O)ccc2C)s1. The van der Waals surface area contributed by atoms with Crippen LogP contribution in [0.1, 0.15) is 25.8 Å². The van der Waals surface area contributed by atoms with Gasteiger partial charge in [-0.15, -0.1) is 11.3 Å². The molecule has 0 saturated carbocycles. The minimum atomic E-state index is -1.01. The minimum absolute atomic E-state index is 0.219. The summed E-state index contributed by atoms with van der Waals surface area (Å²) in [5.41, 5.74) is 2.26. The molecule has 1 aromatic heterocycles. The number of carbonyl (C=O) groups excluding carboxylic acids is 1. The van der Waals surface area contributed by atoms with Crippen LogP contribution in [0.2, 0.25) is 0 Å². The maximum absolute atomic E-state index is 12.1. The van der Waals surface area contributed by atoms with Crippen molar-refractivity contribution in [3.05, 3.63) is 51.5 Å². The lowest BCUT2D eigenvalue weighted by Crippen LogP contribution is -2.11. The number of hydrogen-bond acceptors (Lipinski definition) is 4. The number of aliphatic carboxylic acids is 1. The summed E-state index contributed by atoms with van der Waals surface area (Å²) >= 11 is 1.32. The first-order chi connectivity index (χ1) is 9.95. The highest BCUT2D eigenvalue weighted by atomic mass is 32.1. The number of carboxylic acid groups (broad SMARTS) is 1. The molecule has 0 radical (unpaired) electrons. The van der Waals surface area contributed by atoms with Crippen LogP contribution in [0.25, 0.3) is 6.08 Å². The largest absolute Gasteiger partial charge is 0.478 e. The maximum atomic E-state index is 12.1. The van der Waals surface area contributed by atoms with Crippen LogP contribution in [-0.4, -0.2) is 22.0 Å². The number of aromatic nitrogens is 1. The zero-order chi connectivity index (χ0) is 15.4. The van der Waals surface area contributed by atoms with Gasteiger partial charge in [0.2, 0.25) is 0 Å². The van der Waals surface area contributed by atoms with E-state index in [1.54, 1.807) is 18.3 Å². The first-order valence-corrected chi connectivity index (χ1v) is 7.03. The molecule has 2 aromatic rings. The molecule has 1 heterocycles. The van der Waals surface area contributed by atoms with Gasteiger partial charge < -0.3 is 10.4 Å². The second kappa shape index (κ2) is 6.32. The van der Waals surface area contributed by atoms with Crippen molar-refractivity contribution in [1.29, 1.82) is 0 Å². The summed E-state index contributed by atoms with van der Waals surface area (Å²) in [6.45, 7) is 3.71. The molecule has 0 aliphatic heterocycles. The van der Waals surface area contributed by atoms with Gasteiger partial charge in [0.1, 0.15) is 4.88 Å². The summed E-state index contributed by atoms with van der Waals surface area (Å²) in [7, 11) is 0. The fourth-order valence-electron chi connectivity index (χ4n) is 1.70. The number of nitrogens with one attached hydrogen (secondary N) is 1. The lowest BCUT2D eigenvalue weighted by Gasteiger charge is -2.08. The first kappa shape index (κ1) is 14.9. The molecule has 6 heteroatoms. The van der Waals surface area contributed by atoms with Crippen LogP contribution in [0.5, 0.6) is 0 Å². The van der Waals surface area contributed by atoms with Gasteiger partial charge in [-0.3, -0.25) is 4.79 Å². The summed E-state index contributed by atoms with van der Waals surface area (Å²) in [6.07, 6.45) is 4.08. The Kier molecular flexibility index (Phi) is 4.49. The molecule has 5 nitrogen and oxygen atoms in total. The van der Waals surface area contributed by atoms with Gasteiger partial charge in [-0.05, 0) is 37.1 Å². The number of hydrogen-bond donors (Lipinski definition) is 2. The highest BCUT2D eigenvalue weighted by Gasteiger charge is 2.10. The second-order valence-electron chi connectivity index (χ2n) is 4.44. The van der Waals surface area contributed by atoms with E-state index in [0.29, 0.717) is 16.1 Å². The smallest absolute Gasteiger partial charge is 0.328 e. The van der Waals surface area contributed by atoms with Crippen LogP contribution in [0.3, 0.4) is 0 Å². The van der Waals surface area contributed by atoms with Crippen molar-refractivity contribution < 1.29 is 14.7 Å². The van der Waals surface area contributed by atoms with Gasteiger partial charge in [-0.1, -0.05) is 12.1 Å². The average Bonchev–Trinajstić information content (AvgIpc) is 2.86. The molecule has 21 heavy (non-hydrogen) atoms. The number of nitrogens with zero attached hydrogens (tertiary/aromatic N) is 1. The normalized spacial score (nSPS) is 10.8. The van der Waals surface area contributed by atoms with E-state index < -0.39 is 5.97 Å². The van der Waals surface area contributed by atoms with Crippen LogP contribution in [0.4, 0.5) is 5.69 Å². The van der Waals surface area contributed by atoms with Gasteiger partial charge in [-0.2, -0.15) is 0 Å². The Morgan fingerprint density at radius 2 is 2.10 bits per heavy atom. The summed E-state index contributed by atoms with van der Waals surface area (Å²) in [5, 5.41) is 12.3. The van der Waals surface area contributed by atoms with Gasteiger partial charge in [-0.25, -0.2) is 9.78 Å². The number of anilines is 1. The highest BCUT2D eigenvalue weighted by molar-refractivity contribution is 7.13. The Labute approximate surface area is 126 Å². The van der Waals surface area contributed by atoms with Gasteiger partial charge in [0.15, 0.2) is 0 Å². The van der Waals surface area contributed by atoms with Gasteiger partial charge >= 0.3 is 5.97 Å². The Bertz CT molecular complexity index is 719. The Morgan fingerprint density at radius 3 is 2.71 bits per heavy atom. The minimum Gasteiger partial charge on any atom is -0.478 e. The third-order valence-electron chi connectivity index (χ3n) is 2.77. The third-order valence-corrected chi connectivity index (χ3v) is 3.68. The predicted octanol–water partition coefficient (Wildman–Crippen LogP) is 3.11. The van der Waals surface area contributed by atoms with Crippen LogP contribution in [0.15, 0.2) is 30.5 Å². The van der Waals surface area contributed by atoms with E-state index in [1.165, 1.54) is 17.4 Å². The van der Waals surface area contributed by atoms with Crippen molar-refractivity contribution >= 4 is 35.0 Å². The molecule has 0 spiro atoms. The molecule has 1 aromatic carbocycles. The van der Waals surface area contributed by atoms with Crippen molar-refractivity contribution in [2.45, 2.75) is 13.8 Å². The number of carboxylic acids is 1. The van der Waals surface area contributed by atoms with Gasteiger partial charge in [0.05, 0.1) is 11.2 Å². The molecule has 2 rings (SSSR count). The van der Waals surface area contributed by atoms with E-state index in [9.17, 15) is 9.59 Å². The standard InChI is InChI=1S/C15H14N2O3S/c1-9-3-4-11(5-6-14(18)19)7-12(9)17-15(20)13-8-16-10(2)21-13/h3-8H,1-2H3,(H,17,20)(H,18,19)/b6-5+. The molecule has 1 amide bonds. The maximum Gasteiger partial charge on any atom is 0.328 e. The molecule has 0 unspecified atom stereocenters. The summed E-state index contributed by atoms with van der Waals surface area (Å²) in [4.78, 5) is 27.2. The van der Waals surface area contributed by atoms with Crippen LogP contribution < -0.4 is 5.32 Å². The Hall–Kier alpha value is -2.47. The lowest BCUT2D eigenvalue weighted by molar-refractivity contribution is -0.131. The number of amides is 1. The monoisotopic (exact) mass is 302 g/mol. The molecule has 0 atom stereocenters. The predicted molar refractivity (Wildman–Crippen MR) is 82.7 cm³/mol. The third kappa shape index (κ3) is 4.00. The van der Waals surface area contributed by atoms with E-state index in [2.05, 4.69) is 10.3 Å². The molecule has 108 valence electrons. The van der Waals surface area contributed by atoms with E-state index in [0.717, 1.165) is 16.6 Å². The van der Waals surface area contributed by atoms with Crippen molar-refractivity contribution in [3.8, 4) is 0 Å². The Balaban J connectivity index is 2.21. The van der Waals surface area contributed by atoms with Crippen molar-refractivity contribution in [2.75, 3.05) is 5.32 Å². The number of rotatable bonds is 4. The molecule has 0 fully saturated rings. The van der Waals surface area contributed by atoms with E-state index in [1.807, 2.05) is 19.9 Å². The van der Waals surface area contributed by atoms with Crippen LogP contribution in [-0.2, 0) is 4.79 Å². The fraction of sp³-hybridized carbons (Fsp3) is 0.133. The zero-order valence-electron chi connectivity index (χ0n) is 11.6. The van der Waals surface area contributed by atoms with Crippen molar-refractivity contribution in [2.24, 2.45) is 0 Å². The zero-order valence-corrected chi connectivity index (χ0v) is 12.4. The van der Waals surface area contributed by atoms with Crippen LogP contribution >= 0.6 is 11.3 Å². The highest BCUT2D eigenvalue weighted by Crippen LogP contribution is 2.20. The molecule has 0 aliphatic rings. The second-order valence-corrected chi connectivity index (χ2v) is 5.68. The molecule has 2 N–H and O–H groups in total. The molecule has 0 bridgehead atoms. The van der Waals surface area contributed by atoms with E-state index in [4.69, 9.17) is 5.11 Å². The van der Waals surface area contributed by atoms with Crippen molar-refractivity contribution in [1.82, 2.24) is 4.98 Å². The summed E-state index contributed by atoms with van der Waals surface area (Å²) < 4.78 is 0. The summed E-state index contributed by atoms with van der Waals surface area (Å²) in [6, 6.07) is 5.36. The summed E-state index contributed by atoms with van der Waals surface area (Å²) in [5.74, 6) is -1.23. The van der Waals surface area contributed by atoms with Crippen LogP contribution in [0, 0.1) is 13.8 Å². The lowest BCUT2D eigenvalue weighted by atomic mass is 10.1. The van der Waals surface area contributed by atoms with Crippen molar-refractivity contribution in [3.63, 3.8) is 0 Å². The number of benzene rings is 1. The van der Waals surface area contributed by atoms with Gasteiger partial charge in [0, 0.05) is 11.8 Å². The topological polar surface area (TPSA) is 79.3 Å². The average molecular weight is 302 g/mol. The Morgan fingerprint density at radius 1 is 1.33 bits per heavy atom. The number of thiazole rings is 1.